The summed E-state index contributed by atoms with van der Waals surface area (Å²) in [4.78, 5) is 27.5. The largest absolute Gasteiger partial charge is 0.329 e. The number of anilines is 1. The van der Waals surface area contributed by atoms with Crippen LogP contribution < -0.4 is 10.2 Å². The molecule has 0 saturated carbocycles. The fraction of sp³-hybridized carbons (Fsp3) is 0.368. The lowest BCUT2D eigenvalue weighted by Gasteiger charge is -2.22. The third-order valence-corrected chi connectivity index (χ3v) is 5.05. The van der Waals surface area contributed by atoms with Crippen molar-refractivity contribution in [3.63, 3.8) is 0 Å². The molecular formula is C19H25ClN3O2S+. The number of thiophene rings is 1. The molecule has 1 unspecified atom stereocenters. The third-order valence-electron chi connectivity index (χ3n) is 4.08. The minimum Gasteiger partial charge on any atom is -0.329 e. The van der Waals surface area contributed by atoms with E-state index in [4.69, 9.17) is 11.6 Å². The highest BCUT2D eigenvalue weighted by molar-refractivity contribution is 7.07. The van der Waals surface area contributed by atoms with Gasteiger partial charge in [0.1, 0.15) is 13.1 Å². The first-order valence-electron chi connectivity index (χ1n) is 8.55. The van der Waals surface area contributed by atoms with Crippen LogP contribution in [0.1, 0.15) is 18.1 Å². The van der Waals surface area contributed by atoms with Gasteiger partial charge in [-0.05, 0) is 48.4 Å². The van der Waals surface area contributed by atoms with Crippen molar-refractivity contribution in [2.45, 2.75) is 20.4 Å². The molecule has 2 aromatic rings. The van der Waals surface area contributed by atoms with Gasteiger partial charge >= 0.3 is 0 Å². The van der Waals surface area contributed by atoms with Crippen LogP contribution in [0.5, 0.6) is 0 Å². The van der Waals surface area contributed by atoms with Crippen LogP contribution in [0.3, 0.4) is 0 Å². The van der Waals surface area contributed by atoms with Crippen molar-refractivity contribution >= 4 is 40.4 Å². The molecule has 0 aliphatic heterocycles. The second-order valence-electron chi connectivity index (χ2n) is 6.36. The molecule has 5 nitrogen and oxygen atoms in total. The molecule has 0 saturated heterocycles. The number of quaternary nitrogens is 1. The molecular weight excluding hydrogens is 370 g/mol. The van der Waals surface area contributed by atoms with Crippen molar-refractivity contribution in [2.24, 2.45) is 0 Å². The second-order valence-corrected chi connectivity index (χ2v) is 7.57. The summed E-state index contributed by atoms with van der Waals surface area (Å²) < 4.78 is 0. The van der Waals surface area contributed by atoms with Crippen LogP contribution in [0.15, 0.2) is 35.0 Å². The number of nitrogens with one attached hydrogen (secondary N) is 2. The van der Waals surface area contributed by atoms with Gasteiger partial charge in [0.25, 0.3) is 5.91 Å². The van der Waals surface area contributed by atoms with E-state index < -0.39 is 0 Å². The van der Waals surface area contributed by atoms with Gasteiger partial charge in [-0.15, -0.1) is 0 Å². The lowest BCUT2D eigenvalue weighted by Crippen LogP contribution is -3.08. The predicted molar refractivity (Wildman–Crippen MR) is 107 cm³/mol. The number of nitrogens with zero attached hydrogens (tertiary/aromatic N) is 1. The summed E-state index contributed by atoms with van der Waals surface area (Å²) in [6.45, 7) is 5.45. The summed E-state index contributed by atoms with van der Waals surface area (Å²) >= 11 is 7.63. The van der Waals surface area contributed by atoms with Crippen molar-refractivity contribution in [3.8, 4) is 0 Å². The lowest BCUT2D eigenvalue weighted by atomic mass is 10.2. The molecule has 2 amide bonds. The van der Waals surface area contributed by atoms with E-state index in [1.54, 1.807) is 28.4 Å². The van der Waals surface area contributed by atoms with E-state index in [2.05, 4.69) is 16.8 Å². The number of hydrogen-bond donors (Lipinski definition) is 2. The third kappa shape index (κ3) is 6.12. The number of hydrogen-bond acceptors (Lipinski definition) is 3. The fourth-order valence-electron chi connectivity index (χ4n) is 2.64. The minimum absolute atomic E-state index is 0.0294. The zero-order chi connectivity index (χ0) is 19.1. The molecule has 26 heavy (non-hydrogen) atoms. The Bertz CT molecular complexity index is 749. The Hall–Kier alpha value is -1.89. The van der Waals surface area contributed by atoms with Gasteiger partial charge < -0.3 is 15.1 Å². The Balaban J connectivity index is 1.89. The first-order chi connectivity index (χ1) is 12.4. The minimum atomic E-state index is -0.221. The van der Waals surface area contributed by atoms with Crippen LogP contribution in [0.4, 0.5) is 5.69 Å². The number of carbonyl (C=O) groups is 2. The van der Waals surface area contributed by atoms with E-state index in [0.29, 0.717) is 23.8 Å². The summed E-state index contributed by atoms with van der Waals surface area (Å²) in [6.07, 6.45) is 0. The maximum absolute atomic E-state index is 12.5. The Morgan fingerprint density at radius 3 is 2.73 bits per heavy atom. The maximum atomic E-state index is 12.5. The highest BCUT2D eigenvalue weighted by Crippen LogP contribution is 2.20. The number of aryl methyl sites for hydroxylation is 1. The van der Waals surface area contributed by atoms with Gasteiger partial charge in [-0.1, -0.05) is 17.7 Å². The summed E-state index contributed by atoms with van der Waals surface area (Å²) in [5, 5.41) is 7.52. The summed E-state index contributed by atoms with van der Waals surface area (Å²) in [5.74, 6) is -0.251. The Morgan fingerprint density at radius 1 is 1.31 bits per heavy atom. The van der Waals surface area contributed by atoms with Crippen molar-refractivity contribution in [1.82, 2.24) is 4.90 Å². The van der Waals surface area contributed by atoms with Gasteiger partial charge in [0.15, 0.2) is 6.54 Å². The highest BCUT2D eigenvalue weighted by Gasteiger charge is 2.20. The number of carbonyl (C=O) groups excluding carboxylic acids is 2. The van der Waals surface area contributed by atoms with E-state index in [1.165, 1.54) is 5.56 Å². The first kappa shape index (κ1) is 20.4. The monoisotopic (exact) mass is 394 g/mol. The molecule has 0 spiro atoms. The van der Waals surface area contributed by atoms with Crippen molar-refractivity contribution in [1.29, 1.82) is 0 Å². The van der Waals surface area contributed by atoms with E-state index in [-0.39, 0.29) is 18.4 Å². The van der Waals surface area contributed by atoms with Crippen molar-refractivity contribution < 1.29 is 14.5 Å². The molecule has 0 aliphatic rings. The molecule has 0 fully saturated rings. The average Bonchev–Trinajstić information content (AvgIpc) is 3.08. The van der Waals surface area contributed by atoms with Crippen molar-refractivity contribution in [3.05, 3.63) is 51.2 Å². The quantitative estimate of drug-likeness (QED) is 0.721. The molecule has 2 rings (SSSR count). The van der Waals surface area contributed by atoms with Gasteiger partial charge in [-0.25, -0.2) is 0 Å². The van der Waals surface area contributed by atoms with Gasteiger partial charge in [-0.2, -0.15) is 11.3 Å². The van der Waals surface area contributed by atoms with Crippen LogP contribution in [0.25, 0.3) is 0 Å². The van der Waals surface area contributed by atoms with Gasteiger partial charge in [0.05, 0.1) is 7.05 Å². The molecule has 1 heterocycles. The predicted octanol–water partition coefficient (Wildman–Crippen LogP) is 2.21. The Kier molecular flexibility index (Phi) is 7.63. The zero-order valence-electron chi connectivity index (χ0n) is 15.3. The fourth-order valence-corrected chi connectivity index (χ4v) is 3.48. The van der Waals surface area contributed by atoms with E-state index in [9.17, 15) is 9.59 Å². The van der Waals surface area contributed by atoms with E-state index in [0.717, 1.165) is 17.0 Å². The maximum Gasteiger partial charge on any atom is 0.278 e. The lowest BCUT2D eigenvalue weighted by molar-refractivity contribution is -0.885. The number of likely N-dealkylation sites (N-methyl/N-ethyl adjacent to an activating group) is 2. The molecule has 1 aromatic heterocycles. The van der Waals surface area contributed by atoms with Crippen LogP contribution >= 0.6 is 22.9 Å². The summed E-state index contributed by atoms with van der Waals surface area (Å²) in [5.41, 5.74) is 2.82. The van der Waals surface area contributed by atoms with Crippen LogP contribution in [0, 0.1) is 6.92 Å². The van der Waals surface area contributed by atoms with Gasteiger partial charge in [0, 0.05) is 22.8 Å². The van der Waals surface area contributed by atoms with Gasteiger partial charge in [-0.3, -0.25) is 9.59 Å². The number of amides is 2. The molecule has 7 heteroatoms. The summed E-state index contributed by atoms with van der Waals surface area (Å²) in [6, 6.07) is 7.41. The number of halogens is 1. The highest BCUT2D eigenvalue weighted by atomic mass is 35.5. The zero-order valence-corrected chi connectivity index (χ0v) is 16.9. The molecule has 0 radical (unpaired) electrons. The van der Waals surface area contributed by atoms with Crippen molar-refractivity contribution in [2.75, 3.05) is 32.0 Å². The Morgan fingerprint density at radius 2 is 2.08 bits per heavy atom. The number of benzene rings is 1. The van der Waals surface area contributed by atoms with Crippen LogP contribution in [-0.4, -0.2) is 43.4 Å². The standard InChI is InChI=1S/C19H24ClN3O2S/c1-4-23(19(25)12-22(3)10-15-7-8-26-13-15)11-18(24)21-17-9-16(20)6-5-14(17)2/h5-9,13H,4,10-12H2,1-3H3,(H,21,24)/p+1. The Labute approximate surface area is 163 Å². The second kappa shape index (κ2) is 9.71. The normalized spacial score (nSPS) is 11.8. The number of rotatable bonds is 8. The molecule has 0 bridgehead atoms. The SMILES string of the molecule is CCN(CC(=O)Nc1cc(Cl)ccc1C)C(=O)C[NH+](C)Cc1ccsc1. The smallest absolute Gasteiger partial charge is 0.278 e. The molecule has 140 valence electrons. The van der Waals surface area contributed by atoms with Gasteiger partial charge in [0.2, 0.25) is 5.91 Å². The average molecular weight is 395 g/mol. The molecule has 1 aromatic carbocycles. The molecule has 1 atom stereocenters. The topological polar surface area (TPSA) is 53.9 Å². The summed E-state index contributed by atoms with van der Waals surface area (Å²) in [7, 11) is 1.98. The van der Waals surface area contributed by atoms with E-state index >= 15 is 0 Å². The first-order valence-corrected chi connectivity index (χ1v) is 9.87. The van der Waals surface area contributed by atoms with Crippen LogP contribution in [-0.2, 0) is 16.1 Å². The molecule has 0 aliphatic carbocycles. The van der Waals surface area contributed by atoms with Crippen LogP contribution in [0.2, 0.25) is 5.02 Å². The van der Waals surface area contributed by atoms with E-state index in [1.807, 2.05) is 32.3 Å². The molecule has 2 N–H and O–H groups in total.